The topological polar surface area (TPSA) is 46.5 Å². The summed E-state index contributed by atoms with van der Waals surface area (Å²) in [5.41, 5.74) is 2.76. The molecule has 0 atom stereocenters. The predicted octanol–water partition coefficient (Wildman–Crippen LogP) is 2.70. The molecule has 0 amide bonds. The fourth-order valence-corrected chi connectivity index (χ4v) is 2.25. The summed E-state index contributed by atoms with van der Waals surface area (Å²) in [6.45, 7) is 3.85. The van der Waals surface area contributed by atoms with Crippen LogP contribution in [-0.4, -0.2) is 18.2 Å². The molecule has 1 N–H and O–H groups in total. The Bertz CT molecular complexity index is 399. The van der Waals surface area contributed by atoms with Gasteiger partial charge in [-0.25, -0.2) is 0 Å². The first kappa shape index (κ1) is 12.0. The highest BCUT2D eigenvalue weighted by atomic mass is 79.9. The summed E-state index contributed by atoms with van der Waals surface area (Å²) in [7, 11) is 1.54. The van der Waals surface area contributed by atoms with E-state index >= 15 is 0 Å². The van der Waals surface area contributed by atoms with E-state index < -0.39 is 5.97 Å². The molecule has 0 fully saturated rings. The third-order valence-electron chi connectivity index (χ3n) is 2.41. The number of halogens is 1. The SMILES string of the molecule is COc1c(Br)cc(C)c(C)c1CC(=O)O. The van der Waals surface area contributed by atoms with Crippen LogP contribution in [0.4, 0.5) is 0 Å². The third kappa shape index (κ3) is 2.50. The van der Waals surface area contributed by atoms with E-state index in [-0.39, 0.29) is 6.42 Å². The molecule has 1 aromatic rings. The Balaban J connectivity index is 3.36. The van der Waals surface area contributed by atoms with Crippen molar-refractivity contribution in [3.63, 3.8) is 0 Å². The van der Waals surface area contributed by atoms with Crippen LogP contribution in [0.5, 0.6) is 5.75 Å². The second kappa shape index (κ2) is 4.66. The smallest absolute Gasteiger partial charge is 0.307 e. The number of hydrogen-bond acceptors (Lipinski definition) is 2. The first-order valence-corrected chi connectivity index (χ1v) is 5.31. The van der Waals surface area contributed by atoms with Crippen LogP contribution in [0.15, 0.2) is 10.5 Å². The van der Waals surface area contributed by atoms with E-state index in [0.29, 0.717) is 5.75 Å². The molecule has 0 saturated heterocycles. The minimum Gasteiger partial charge on any atom is -0.495 e. The molecule has 0 aromatic heterocycles. The molecular formula is C11H13BrO3. The molecule has 0 aliphatic carbocycles. The number of ether oxygens (including phenoxy) is 1. The fraction of sp³-hybridized carbons (Fsp3) is 0.364. The van der Waals surface area contributed by atoms with E-state index in [1.807, 2.05) is 19.9 Å². The summed E-state index contributed by atoms with van der Waals surface area (Å²) in [4.78, 5) is 10.7. The van der Waals surface area contributed by atoms with E-state index in [2.05, 4.69) is 15.9 Å². The molecule has 0 spiro atoms. The quantitative estimate of drug-likeness (QED) is 0.921. The van der Waals surface area contributed by atoms with Crippen LogP contribution in [0.2, 0.25) is 0 Å². The molecule has 3 nitrogen and oxygen atoms in total. The van der Waals surface area contributed by atoms with Crippen LogP contribution in [-0.2, 0) is 11.2 Å². The molecule has 0 aliphatic heterocycles. The van der Waals surface area contributed by atoms with Gasteiger partial charge in [-0.15, -0.1) is 0 Å². The van der Waals surface area contributed by atoms with Gasteiger partial charge in [0.2, 0.25) is 0 Å². The summed E-state index contributed by atoms with van der Waals surface area (Å²) in [6.07, 6.45) is -0.0186. The average Bonchev–Trinajstić information content (AvgIpc) is 2.13. The predicted molar refractivity (Wildman–Crippen MR) is 61.5 cm³/mol. The Morgan fingerprint density at radius 2 is 2.13 bits per heavy atom. The largest absolute Gasteiger partial charge is 0.495 e. The van der Waals surface area contributed by atoms with E-state index in [1.165, 1.54) is 0 Å². The molecule has 0 unspecified atom stereocenters. The third-order valence-corrected chi connectivity index (χ3v) is 3.00. The van der Waals surface area contributed by atoms with Crippen LogP contribution < -0.4 is 4.74 Å². The van der Waals surface area contributed by atoms with Gasteiger partial charge in [-0.1, -0.05) is 0 Å². The standard InChI is InChI=1S/C11H13BrO3/c1-6-4-9(12)11(15-3)8(7(6)2)5-10(13)14/h4H,5H2,1-3H3,(H,13,14). The van der Waals surface area contributed by atoms with Crippen LogP contribution in [0.25, 0.3) is 0 Å². The van der Waals surface area contributed by atoms with Crippen molar-refractivity contribution < 1.29 is 14.6 Å². The average molecular weight is 273 g/mol. The summed E-state index contributed by atoms with van der Waals surface area (Å²) >= 11 is 3.36. The Labute approximate surface area is 97.2 Å². The minimum atomic E-state index is -0.853. The normalized spacial score (nSPS) is 10.1. The van der Waals surface area contributed by atoms with Gasteiger partial charge in [0.05, 0.1) is 18.0 Å². The monoisotopic (exact) mass is 272 g/mol. The van der Waals surface area contributed by atoms with E-state index in [9.17, 15) is 4.79 Å². The van der Waals surface area contributed by atoms with Gasteiger partial charge in [0, 0.05) is 5.56 Å². The number of aliphatic carboxylic acids is 1. The Kier molecular flexibility index (Phi) is 3.74. The first-order chi connectivity index (χ1) is 6.97. The maximum atomic E-state index is 10.7. The molecule has 0 heterocycles. The summed E-state index contributed by atoms with van der Waals surface area (Å²) in [5, 5.41) is 8.82. The first-order valence-electron chi connectivity index (χ1n) is 4.51. The number of rotatable bonds is 3. The number of carbonyl (C=O) groups is 1. The molecule has 4 heteroatoms. The van der Waals surface area contributed by atoms with Crippen molar-refractivity contribution in [3.05, 3.63) is 27.2 Å². The van der Waals surface area contributed by atoms with Crippen molar-refractivity contribution >= 4 is 21.9 Å². The molecular weight excluding hydrogens is 260 g/mol. The van der Waals surface area contributed by atoms with E-state index in [4.69, 9.17) is 9.84 Å². The lowest BCUT2D eigenvalue weighted by Crippen LogP contribution is -2.06. The van der Waals surface area contributed by atoms with Gasteiger partial charge in [0.1, 0.15) is 5.75 Å². The van der Waals surface area contributed by atoms with Crippen molar-refractivity contribution in [2.75, 3.05) is 7.11 Å². The molecule has 0 bridgehead atoms. The highest BCUT2D eigenvalue weighted by Gasteiger charge is 2.15. The zero-order chi connectivity index (χ0) is 11.6. The van der Waals surface area contributed by atoms with Gasteiger partial charge in [-0.2, -0.15) is 0 Å². The highest BCUT2D eigenvalue weighted by molar-refractivity contribution is 9.10. The Morgan fingerprint density at radius 1 is 1.53 bits per heavy atom. The van der Waals surface area contributed by atoms with Crippen LogP contribution in [0.1, 0.15) is 16.7 Å². The second-order valence-electron chi connectivity index (χ2n) is 3.38. The van der Waals surface area contributed by atoms with Crippen LogP contribution in [0.3, 0.4) is 0 Å². The minimum absolute atomic E-state index is 0.0186. The highest BCUT2D eigenvalue weighted by Crippen LogP contribution is 2.33. The lowest BCUT2D eigenvalue weighted by molar-refractivity contribution is -0.136. The van der Waals surface area contributed by atoms with Crippen molar-refractivity contribution in [3.8, 4) is 5.75 Å². The molecule has 1 aromatic carbocycles. The summed E-state index contributed by atoms with van der Waals surface area (Å²) < 4.78 is 6.00. The number of hydrogen-bond donors (Lipinski definition) is 1. The zero-order valence-electron chi connectivity index (χ0n) is 8.93. The summed E-state index contributed by atoms with van der Waals surface area (Å²) in [6, 6.07) is 1.93. The van der Waals surface area contributed by atoms with Crippen molar-refractivity contribution in [2.24, 2.45) is 0 Å². The van der Waals surface area contributed by atoms with Crippen molar-refractivity contribution in [2.45, 2.75) is 20.3 Å². The maximum absolute atomic E-state index is 10.7. The zero-order valence-corrected chi connectivity index (χ0v) is 10.5. The maximum Gasteiger partial charge on any atom is 0.307 e. The lowest BCUT2D eigenvalue weighted by Gasteiger charge is -2.14. The van der Waals surface area contributed by atoms with Gasteiger partial charge in [0.25, 0.3) is 0 Å². The van der Waals surface area contributed by atoms with Gasteiger partial charge in [-0.05, 0) is 47.0 Å². The van der Waals surface area contributed by atoms with Gasteiger partial charge < -0.3 is 9.84 Å². The van der Waals surface area contributed by atoms with Crippen LogP contribution >= 0.6 is 15.9 Å². The van der Waals surface area contributed by atoms with Crippen molar-refractivity contribution in [1.82, 2.24) is 0 Å². The number of methoxy groups -OCH3 is 1. The lowest BCUT2D eigenvalue weighted by atomic mass is 10.00. The molecule has 15 heavy (non-hydrogen) atoms. The number of benzene rings is 1. The van der Waals surface area contributed by atoms with E-state index in [1.54, 1.807) is 7.11 Å². The summed E-state index contributed by atoms with van der Waals surface area (Å²) in [5.74, 6) is -0.241. The molecule has 0 saturated carbocycles. The number of aryl methyl sites for hydroxylation is 1. The second-order valence-corrected chi connectivity index (χ2v) is 4.24. The fourth-order valence-electron chi connectivity index (χ4n) is 1.50. The molecule has 0 radical (unpaired) electrons. The van der Waals surface area contributed by atoms with Crippen molar-refractivity contribution in [1.29, 1.82) is 0 Å². The Morgan fingerprint density at radius 3 is 2.60 bits per heavy atom. The molecule has 0 aliphatic rings. The number of carboxylic acid groups (broad SMARTS) is 1. The Hall–Kier alpha value is -1.03. The van der Waals surface area contributed by atoms with Gasteiger partial charge >= 0.3 is 5.97 Å². The molecule has 82 valence electrons. The van der Waals surface area contributed by atoms with Gasteiger partial charge in [0.15, 0.2) is 0 Å². The molecule has 1 rings (SSSR count). The van der Waals surface area contributed by atoms with Gasteiger partial charge in [-0.3, -0.25) is 4.79 Å². The van der Waals surface area contributed by atoms with Crippen LogP contribution in [0, 0.1) is 13.8 Å². The van der Waals surface area contributed by atoms with E-state index in [0.717, 1.165) is 21.2 Å². The number of carboxylic acids is 1.